The maximum Gasteiger partial charge on any atom is 0.220 e. The molecule has 0 aliphatic carbocycles. The Balaban J connectivity index is 1.79. The molecule has 0 bridgehead atoms. The van der Waals surface area contributed by atoms with Crippen LogP contribution in [0.5, 0.6) is 0 Å². The lowest BCUT2D eigenvalue weighted by atomic mass is 9.97. The molecule has 68 heavy (non-hydrogen) atoms. The van der Waals surface area contributed by atoms with Crippen LogP contribution in [0.1, 0.15) is 232 Å². The maximum atomic E-state index is 13.2. The Bertz CT molecular complexity index is 1200. The van der Waals surface area contributed by atoms with Gasteiger partial charge in [0.15, 0.2) is 12.6 Å². The Morgan fingerprint density at radius 2 is 0.912 bits per heavy atom. The van der Waals surface area contributed by atoms with Crippen LogP contribution in [0.15, 0.2) is 12.2 Å². The highest BCUT2D eigenvalue weighted by Gasteiger charge is 2.51. The molecule has 2 aliphatic heterocycles. The Labute approximate surface area is 412 Å². The van der Waals surface area contributed by atoms with E-state index in [1.807, 2.05) is 6.08 Å². The Morgan fingerprint density at radius 3 is 1.35 bits per heavy atom. The van der Waals surface area contributed by atoms with Crippen molar-refractivity contribution in [2.45, 2.75) is 306 Å². The van der Waals surface area contributed by atoms with Gasteiger partial charge >= 0.3 is 0 Å². The molecule has 14 heteroatoms. The molecule has 2 fully saturated rings. The normalized spacial score (nSPS) is 26.4. The maximum absolute atomic E-state index is 13.2. The molecule has 0 aromatic carbocycles. The summed E-state index contributed by atoms with van der Waals surface area (Å²) in [6.45, 7) is 2.81. The summed E-state index contributed by atoms with van der Waals surface area (Å²) in [6, 6.07) is -0.908. The smallest absolute Gasteiger partial charge is 0.220 e. The monoisotopic (exact) mass is 974 g/mol. The van der Waals surface area contributed by atoms with Gasteiger partial charge in [-0.05, 0) is 19.3 Å². The highest BCUT2D eigenvalue weighted by molar-refractivity contribution is 5.76. The van der Waals surface area contributed by atoms with Crippen molar-refractivity contribution in [3.8, 4) is 0 Å². The van der Waals surface area contributed by atoms with E-state index in [1.165, 1.54) is 167 Å². The molecule has 2 heterocycles. The predicted octanol–water partition coefficient (Wildman–Crippen LogP) is 8.33. The van der Waals surface area contributed by atoms with Crippen molar-refractivity contribution in [1.82, 2.24) is 5.32 Å². The van der Waals surface area contributed by atoms with Gasteiger partial charge in [-0.3, -0.25) is 4.79 Å². The van der Waals surface area contributed by atoms with Crippen molar-refractivity contribution < 1.29 is 64.6 Å². The van der Waals surface area contributed by atoms with Gasteiger partial charge in [0.2, 0.25) is 5.91 Å². The minimum Gasteiger partial charge on any atom is -0.394 e. The fourth-order valence-corrected chi connectivity index (χ4v) is 9.41. The topological polar surface area (TPSA) is 228 Å². The lowest BCUT2D eigenvalue weighted by Gasteiger charge is -2.46. The summed E-state index contributed by atoms with van der Waals surface area (Å²) in [5.41, 5.74) is 0. The molecule has 0 spiro atoms. The second kappa shape index (κ2) is 41.2. The van der Waals surface area contributed by atoms with Gasteiger partial charge in [0.05, 0.1) is 32.0 Å². The third kappa shape index (κ3) is 27.5. The Hall–Kier alpha value is -1.27. The molecular formula is C54H103NO13. The molecule has 2 rings (SSSR count). The fraction of sp³-hybridized carbons (Fsp3) is 0.944. The molecule has 12 atom stereocenters. The van der Waals surface area contributed by atoms with Crippen LogP contribution in [0.3, 0.4) is 0 Å². The first-order valence-corrected chi connectivity index (χ1v) is 27.9. The molecule has 0 aromatic rings. The van der Waals surface area contributed by atoms with Crippen LogP contribution in [0.4, 0.5) is 0 Å². The molecule has 9 N–H and O–H groups in total. The molecular weight excluding hydrogens is 871 g/mol. The van der Waals surface area contributed by atoms with Crippen LogP contribution in [-0.4, -0.2) is 140 Å². The van der Waals surface area contributed by atoms with Gasteiger partial charge in [0.25, 0.3) is 0 Å². The second-order valence-corrected chi connectivity index (χ2v) is 20.1. The van der Waals surface area contributed by atoms with Gasteiger partial charge in [-0.25, -0.2) is 0 Å². The highest BCUT2D eigenvalue weighted by atomic mass is 16.7. The van der Waals surface area contributed by atoms with Crippen LogP contribution in [0.2, 0.25) is 0 Å². The third-order valence-corrected chi connectivity index (χ3v) is 14.0. The number of allylic oxidation sites excluding steroid dienone is 1. The first-order chi connectivity index (χ1) is 33.1. The van der Waals surface area contributed by atoms with Gasteiger partial charge in [0, 0.05) is 6.42 Å². The van der Waals surface area contributed by atoms with Crippen molar-refractivity contribution in [1.29, 1.82) is 0 Å². The number of aliphatic hydroxyl groups excluding tert-OH is 8. The summed E-state index contributed by atoms with van der Waals surface area (Å²) in [4.78, 5) is 13.2. The van der Waals surface area contributed by atoms with Crippen molar-refractivity contribution in [2.24, 2.45) is 0 Å². The Kier molecular flexibility index (Phi) is 38.1. The summed E-state index contributed by atoms with van der Waals surface area (Å²) in [5.74, 6) is -0.235. The van der Waals surface area contributed by atoms with E-state index in [1.54, 1.807) is 6.08 Å². The van der Waals surface area contributed by atoms with Gasteiger partial charge in [-0.2, -0.15) is 0 Å². The van der Waals surface area contributed by atoms with Crippen LogP contribution < -0.4 is 5.32 Å². The fourth-order valence-electron chi connectivity index (χ4n) is 9.41. The minimum atomic E-state index is -1.78. The number of rotatable bonds is 44. The van der Waals surface area contributed by atoms with E-state index < -0.39 is 86.8 Å². The van der Waals surface area contributed by atoms with Crippen molar-refractivity contribution in [2.75, 3.05) is 19.8 Å². The van der Waals surface area contributed by atoms with Crippen LogP contribution in [0.25, 0.3) is 0 Å². The average Bonchev–Trinajstić information content (AvgIpc) is 3.34. The molecule has 0 aromatic heterocycles. The molecule has 0 radical (unpaired) electrons. The molecule has 402 valence electrons. The lowest BCUT2D eigenvalue weighted by molar-refractivity contribution is -0.359. The summed E-state index contributed by atoms with van der Waals surface area (Å²) in [7, 11) is 0. The zero-order valence-electron chi connectivity index (χ0n) is 42.9. The molecule has 0 saturated carbocycles. The van der Waals surface area contributed by atoms with E-state index >= 15 is 0 Å². The predicted molar refractivity (Wildman–Crippen MR) is 268 cm³/mol. The number of nitrogens with one attached hydrogen (secondary N) is 1. The number of unbranched alkanes of at least 4 members (excludes halogenated alkanes) is 31. The van der Waals surface area contributed by atoms with E-state index in [0.717, 1.165) is 38.5 Å². The van der Waals surface area contributed by atoms with Crippen molar-refractivity contribution >= 4 is 5.91 Å². The summed E-state index contributed by atoms with van der Waals surface area (Å²) in [6.07, 6.45) is 28.2. The number of hydrogen-bond donors (Lipinski definition) is 9. The first-order valence-electron chi connectivity index (χ1n) is 27.9. The molecule has 1 amide bonds. The number of hydrogen-bond acceptors (Lipinski definition) is 13. The average molecular weight is 974 g/mol. The first kappa shape index (κ1) is 62.8. The number of carbonyl (C=O) groups is 1. The van der Waals surface area contributed by atoms with Gasteiger partial charge < -0.3 is 65.1 Å². The van der Waals surface area contributed by atoms with Gasteiger partial charge in [-0.15, -0.1) is 0 Å². The van der Waals surface area contributed by atoms with Crippen LogP contribution in [-0.2, 0) is 23.7 Å². The zero-order chi connectivity index (χ0) is 49.6. The quantitative estimate of drug-likeness (QED) is 0.0207. The van der Waals surface area contributed by atoms with Crippen molar-refractivity contribution in [3.63, 3.8) is 0 Å². The van der Waals surface area contributed by atoms with Crippen molar-refractivity contribution in [3.05, 3.63) is 12.2 Å². The second-order valence-electron chi connectivity index (χ2n) is 20.1. The minimum absolute atomic E-state index is 0.235. The van der Waals surface area contributed by atoms with E-state index in [4.69, 9.17) is 18.9 Å². The molecule has 12 unspecified atom stereocenters. The van der Waals surface area contributed by atoms with E-state index in [2.05, 4.69) is 19.2 Å². The highest BCUT2D eigenvalue weighted by Crippen LogP contribution is 2.30. The number of aliphatic hydroxyl groups is 8. The van der Waals surface area contributed by atoms with Gasteiger partial charge in [-0.1, -0.05) is 219 Å². The van der Waals surface area contributed by atoms with Gasteiger partial charge in [0.1, 0.15) is 48.8 Å². The summed E-state index contributed by atoms with van der Waals surface area (Å²) < 4.78 is 22.7. The van der Waals surface area contributed by atoms with E-state index in [0.29, 0.717) is 6.42 Å². The molecule has 14 nitrogen and oxygen atoms in total. The SMILES string of the molecule is CCCCCCCCCCCCCC/C=C/C(O)C(COC1OC(CO)C(OC2OC(CO)C(O)C(O)C2O)C(O)C1O)NC(=O)CCCCCCCCCCCCCCCCCCCCCC. The largest absolute Gasteiger partial charge is 0.394 e. The number of ether oxygens (including phenoxy) is 4. The zero-order valence-corrected chi connectivity index (χ0v) is 42.9. The molecule has 2 saturated heterocycles. The number of carbonyl (C=O) groups excluding carboxylic acids is 1. The lowest BCUT2D eigenvalue weighted by Crippen LogP contribution is -2.65. The molecule has 2 aliphatic rings. The van der Waals surface area contributed by atoms with E-state index in [-0.39, 0.29) is 18.9 Å². The Morgan fingerprint density at radius 1 is 0.515 bits per heavy atom. The third-order valence-electron chi connectivity index (χ3n) is 14.0. The summed E-state index contributed by atoms with van der Waals surface area (Å²) in [5, 5.41) is 86.9. The summed E-state index contributed by atoms with van der Waals surface area (Å²) >= 11 is 0. The van der Waals surface area contributed by atoms with E-state index in [9.17, 15) is 45.6 Å². The standard InChI is InChI=1S/C54H103NO13/c1-3-5-7-9-11-13-15-17-19-20-21-22-23-24-26-28-30-32-34-36-38-46(59)55-42(43(58)37-35-33-31-29-27-25-18-16-14-12-10-8-6-4-2)41-65-53-51(64)49(62)52(45(40-57)67-53)68-54-50(63)48(61)47(60)44(39-56)66-54/h35,37,42-45,47-54,56-58,60-64H,3-34,36,38-41H2,1-2H3,(H,55,59)/b37-35+. The number of amides is 1. The van der Waals surface area contributed by atoms with Crippen LogP contribution >= 0.6 is 0 Å². The van der Waals surface area contributed by atoms with Crippen LogP contribution in [0, 0.1) is 0 Å².